The van der Waals surface area contributed by atoms with E-state index in [4.69, 9.17) is 0 Å². The van der Waals surface area contributed by atoms with Crippen molar-refractivity contribution in [3.05, 3.63) is 72.3 Å². The lowest BCUT2D eigenvalue weighted by Crippen LogP contribution is -1.96. The van der Waals surface area contributed by atoms with Crippen molar-refractivity contribution in [2.75, 3.05) is 0 Å². The number of nitrogens with zero attached hydrogens (tertiary/aromatic N) is 5. The second-order valence-corrected chi connectivity index (χ2v) is 6.07. The van der Waals surface area contributed by atoms with E-state index in [1.165, 1.54) is 12.1 Å². The smallest absolute Gasteiger partial charge is 0.212 e. The highest BCUT2D eigenvalue weighted by Crippen LogP contribution is 2.23. The number of hydrogen-bond donors (Lipinski definition) is 0. The molecule has 5 nitrogen and oxygen atoms in total. The van der Waals surface area contributed by atoms with Crippen molar-refractivity contribution in [3.63, 3.8) is 0 Å². The van der Waals surface area contributed by atoms with Crippen LogP contribution < -0.4 is 0 Å². The molecule has 1 aromatic carbocycles. The van der Waals surface area contributed by atoms with Crippen LogP contribution in [0.2, 0.25) is 0 Å². The summed E-state index contributed by atoms with van der Waals surface area (Å²) in [5.41, 5.74) is 3.37. The summed E-state index contributed by atoms with van der Waals surface area (Å²) < 4.78 is 14.8. The van der Waals surface area contributed by atoms with Crippen LogP contribution in [0.1, 0.15) is 5.56 Å². The molecule has 4 aromatic rings. The van der Waals surface area contributed by atoms with E-state index in [2.05, 4.69) is 20.3 Å². The Morgan fingerprint density at radius 1 is 1.00 bits per heavy atom. The van der Waals surface area contributed by atoms with Crippen LogP contribution in [0, 0.1) is 5.82 Å². The number of rotatable bonds is 4. The maximum Gasteiger partial charge on any atom is 0.212 e. The van der Waals surface area contributed by atoms with Gasteiger partial charge in [0.15, 0.2) is 5.65 Å². The molecular weight excluding hydrogens is 325 g/mol. The first-order chi connectivity index (χ1) is 11.8. The van der Waals surface area contributed by atoms with E-state index in [-0.39, 0.29) is 5.82 Å². The van der Waals surface area contributed by atoms with Gasteiger partial charge in [0, 0.05) is 23.7 Å². The van der Waals surface area contributed by atoms with Gasteiger partial charge in [-0.15, -0.1) is 10.2 Å². The molecule has 0 spiro atoms. The molecule has 0 bridgehead atoms. The molecular formula is C17H12FN5S. The fourth-order valence-electron chi connectivity index (χ4n) is 2.27. The Bertz CT molecular complexity index is 969. The third-order valence-corrected chi connectivity index (χ3v) is 4.46. The third kappa shape index (κ3) is 2.98. The van der Waals surface area contributed by atoms with Crippen LogP contribution in [0.25, 0.3) is 16.9 Å². The maximum atomic E-state index is 13.1. The highest BCUT2D eigenvalue weighted by Gasteiger charge is 2.10. The molecule has 0 saturated carbocycles. The molecule has 0 radical (unpaired) electrons. The van der Waals surface area contributed by atoms with E-state index in [0.717, 1.165) is 22.6 Å². The van der Waals surface area contributed by atoms with Crippen molar-refractivity contribution in [1.29, 1.82) is 0 Å². The first-order valence-electron chi connectivity index (χ1n) is 7.30. The van der Waals surface area contributed by atoms with Crippen molar-refractivity contribution in [2.45, 2.75) is 10.9 Å². The van der Waals surface area contributed by atoms with Crippen molar-refractivity contribution >= 4 is 17.4 Å². The second kappa shape index (κ2) is 6.37. The summed E-state index contributed by atoms with van der Waals surface area (Å²) in [4.78, 5) is 4.11. The first kappa shape index (κ1) is 14.8. The fraction of sp³-hybridized carbons (Fsp3) is 0.0588. The maximum absolute atomic E-state index is 13.1. The molecule has 0 amide bonds. The molecule has 0 saturated heterocycles. The van der Waals surface area contributed by atoms with E-state index in [0.29, 0.717) is 10.8 Å². The minimum absolute atomic E-state index is 0.267. The zero-order valence-corrected chi connectivity index (χ0v) is 13.3. The van der Waals surface area contributed by atoms with Crippen LogP contribution in [-0.2, 0) is 5.75 Å². The number of hydrogen-bond acceptors (Lipinski definition) is 5. The number of aromatic nitrogens is 5. The van der Waals surface area contributed by atoms with Gasteiger partial charge in [-0.25, -0.2) is 4.39 Å². The van der Waals surface area contributed by atoms with Gasteiger partial charge in [0.1, 0.15) is 5.82 Å². The summed E-state index contributed by atoms with van der Waals surface area (Å²) >= 11 is 1.54. The summed E-state index contributed by atoms with van der Waals surface area (Å²) in [5, 5.41) is 13.6. The number of thioether (sulfide) groups is 1. The Hall–Kier alpha value is -2.80. The number of fused-ring (bicyclic) bond motifs is 1. The molecule has 0 aliphatic heterocycles. The molecule has 0 N–H and O–H groups in total. The van der Waals surface area contributed by atoms with E-state index < -0.39 is 0 Å². The Morgan fingerprint density at radius 3 is 2.67 bits per heavy atom. The van der Waals surface area contributed by atoms with Gasteiger partial charge >= 0.3 is 0 Å². The van der Waals surface area contributed by atoms with E-state index in [1.807, 2.05) is 30.5 Å². The summed E-state index contributed by atoms with van der Waals surface area (Å²) in [6.45, 7) is 0. The van der Waals surface area contributed by atoms with Gasteiger partial charge in [0.05, 0.1) is 5.69 Å². The van der Waals surface area contributed by atoms with Crippen molar-refractivity contribution < 1.29 is 4.39 Å². The van der Waals surface area contributed by atoms with Crippen LogP contribution in [0.5, 0.6) is 0 Å². The Morgan fingerprint density at radius 2 is 1.88 bits per heavy atom. The number of benzene rings is 1. The lowest BCUT2D eigenvalue weighted by molar-refractivity contribution is 0.628. The quantitative estimate of drug-likeness (QED) is 0.532. The van der Waals surface area contributed by atoms with Gasteiger partial charge in [0.25, 0.3) is 0 Å². The largest absolute Gasteiger partial charge is 0.264 e. The summed E-state index contributed by atoms with van der Waals surface area (Å²) in [7, 11) is 0. The van der Waals surface area contributed by atoms with Gasteiger partial charge in [-0.3, -0.25) is 4.98 Å². The van der Waals surface area contributed by atoms with Crippen LogP contribution >= 0.6 is 11.8 Å². The zero-order valence-electron chi connectivity index (χ0n) is 12.5. The topological polar surface area (TPSA) is 56.0 Å². The molecule has 118 valence electrons. The molecule has 0 aliphatic carbocycles. The summed E-state index contributed by atoms with van der Waals surface area (Å²) in [5.74, 6) is 0.466. The average Bonchev–Trinajstić information content (AvgIpc) is 3.04. The van der Waals surface area contributed by atoms with E-state index in [1.54, 1.807) is 34.6 Å². The predicted octanol–water partition coefficient (Wildman–Crippen LogP) is 3.62. The summed E-state index contributed by atoms with van der Waals surface area (Å²) in [6.07, 6.45) is 3.57. The van der Waals surface area contributed by atoms with Gasteiger partial charge in [-0.2, -0.15) is 9.61 Å². The van der Waals surface area contributed by atoms with Crippen LogP contribution in [0.3, 0.4) is 0 Å². The first-order valence-corrected chi connectivity index (χ1v) is 8.28. The van der Waals surface area contributed by atoms with Crippen LogP contribution in [0.4, 0.5) is 4.39 Å². The average molecular weight is 337 g/mol. The van der Waals surface area contributed by atoms with Gasteiger partial charge in [-0.1, -0.05) is 17.8 Å². The Kier molecular flexibility index (Phi) is 3.92. The van der Waals surface area contributed by atoms with E-state index >= 15 is 0 Å². The minimum Gasteiger partial charge on any atom is -0.264 e. The Balaban J connectivity index is 1.64. The predicted molar refractivity (Wildman–Crippen MR) is 90.0 cm³/mol. The molecule has 0 fully saturated rings. The number of pyridine rings is 1. The van der Waals surface area contributed by atoms with Gasteiger partial charge < -0.3 is 0 Å². The molecule has 7 heteroatoms. The normalized spacial score (nSPS) is 11.0. The zero-order chi connectivity index (χ0) is 16.4. The SMILES string of the molecule is Fc1ccc(-c2ccc3nnc(SCc4cccnc4)n3n2)cc1. The molecule has 0 atom stereocenters. The number of halogens is 1. The monoisotopic (exact) mass is 337 g/mol. The highest BCUT2D eigenvalue weighted by molar-refractivity contribution is 7.98. The summed E-state index contributed by atoms with van der Waals surface area (Å²) in [6, 6.07) is 13.9. The highest BCUT2D eigenvalue weighted by atomic mass is 32.2. The minimum atomic E-state index is -0.267. The molecule has 3 aromatic heterocycles. The molecule has 3 heterocycles. The molecule has 24 heavy (non-hydrogen) atoms. The lowest BCUT2D eigenvalue weighted by Gasteiger charge is -2.03. The standard InChI is InChI=1S/C17H12FN5S/c18-14-5-3-13(4-6-14)15-7-8-16-20-21-17(23(16)22-15)24-11-12-2-1-9-19-10-12/h1-10H,11H2. The fourth-order valence-corrected chi connectivity index (χ4v) is 3.09. The van der Waals surface area contributed by atoms with Gasteiger partial charge in [0.2, 0.25) is 5.16 Å². The lowest BCUT2D eigenvalue weighted by atomic mass is 10.1. The van der Waals surface area contributed by atoms with Crippen LogP contribution in [-0.4, -0.2) is 24.8 Å². The molecule has 0 aliphatic rings. The Labute approximate surface area is 141 Å². The van der Waals surface area contributed by atoms with Crippen molar-refractivity contribution in [2.24, 2.45) is 0 Å². The molecule has 0 unspecified atom stereocenters. The van der Waals surface area contributed by atoms with Crippen molar-refractivity contribution in [3.8, 4) is 11.3 Å². The van der Waals surface area contributed by atoms with Crippen LogP contribution in [0.15, 0.2) is 66.1 Å². The third-order valence-electron chi connectivity index (χ3n) is 3.46. The van der Waals surface area contributed by atoms with Crippen molar-refractivity contribution in [1.82, 2.24) is 24.8 Å². The second-order valence-electron chi connectivity index (χ2n) is 5.13. The van der Waals surface area contributed by atoms with Gasteiger partial charge in [-0.05, 0) is 48.0 Å². The van der Waals surface area contributed by atoms with E-state index in [9.17, 15) is 4.39 Å². The molecule has 4 rings (SSSR count).